The van der Waals surface area contributed by atoms with Crippen LogP contribution in [0.3, 0.4) is 0 Å². The topological polar surface area (TPSA) is 98.1 Å². The van der Waals surface area contributed by atoms with Crippen LogP contribution in [0.5, 0.6) is 0 Å². The lowest BCUT2D eigenvalue weighted by molar-refractivity contribution is -0.121. The molecule has 0 amide bonds. The summed E-state index contributed by atoms with van der Waals surface area (Å²) in [4.78, 5) is 37.6. The molecule has 0 bridgehead atoms. The number of likely N-dealkylation sites (tertiary alicyclic amines) is 1. The summed E-state index contributed by atoms with van der Waals surface area (Å²) in [6.45, 7) is 5.84. The van der Waals surface area contributed by atoms with Crippen LogP contribution in [0.25, 0.3) is 11.6 Å². The normalized spacial score (nSPS) is 16.4. The summed E-state index contributed by atoms with van der Waals surface area (Å²) < 4.78 is 0. The summed E-state index contributed by atoms with van der Waals surface area (Å²) in [7, 11) is 0. The van der Waals surface area contributed by atoms with E-state index in [4.69, 9.17) is 10.2 Å². The molecule has 260 valence electrons. The van der Waals surface area contributed by atoms with Crippen molar-refractivity contribution in [1.82, 2.24) is 9.80 Å². The highest BCUT2D eigenvalue weighted by molar-refractivity contribution is 5.91. The fraction of sp³-hybridized carbons (Fsp3) is 0.250. The van der Waals surface area contributed by atoms with Crippen LogP contribution in [0.15, 0.2) is 121 Å². The zero-order valence-corrected chi connectivity index (χ0v) is 28.8. The highest BCUT2D eigenvalue weighted by Crippen LogP contribution is 2.36. The molecule has 0 spiro atoms. The highest BCUT2D eigenvalue weighted by atomic mass is 16.4. The van der Waals surface area contributed by atoms with Crippen LogP contribution < -0.4 is 0 Å². The zero-order chi connectivity index (χ0) is 35.6. The second-order valence-electron chi connectivity index (χ2n) is 13.3. The zero-order valence-electron chi connectivity index (χ0n) is 28.8. The number of fused-ring (bicyclic) bond motifs is 2. The number of benzene rings is 4. The molecule has 2 aliphatic heterocycles. The molecule has 4 aromatic carbocycles. The number of aromatic carboxylic acids is 2. The van der Waals surface area contributed by atoms with E-state index in [1.807, 2.05) is 36.4 Å². The second-order valence-corrected chi connectivity index (χ2v) is 13.3. The number of Topliss-reactive ketones (excluding diaryl/α,β-unsaturated/α-hetero) is 1. The van der Waals surface area contributed by atoms with Crippen molar-refractivity contribution in [3.63, 3.8) is 0 Å². The predicted molar refractivity (Wildman–Crippen MR) is 202 cm³/mol. The number of ketones is 1. The number of hydrogen-bond acceptors (Lipinski definition) is 5. The maximum atomic E-state index is 11.1. The van der Waals surface area contributed by atoms with Gasteiger partial charge in [0, 0.05) is 52.1 Å². The number of carboxylic acid groups (broad SMARTS) is 2. The predicted octanol–water partition coefficient (Wildman–Crippen LogP) is 7.96. The lowest BCUT2D eigenvalue weighted by atomic mass is 9.93. The minimum absolute atomic E-state index is 0.373. The first-order valence-corrected chi connectivity index (χ1v) is 17.7. The molecule has 0 aromatic heterocycles. The molecule has 51 heavy (non-hydrogen) atoms. The molecular formula is C44H44N2O5. The van der Waals surface area contributed by atoms with Gasteiger partial charge in [0.15, 0.2) is 0 Å². The van der Waals surface area contributed by atoms with Crippen LogP contribution in [0, 0.1) is 0 Å². The van der Waals surface area contributed by atoms with Crippen molar-refractivity contribution >= 4 is 29.4 Å². The monoisotopic (exact) mass is 680 g/mol. The van der Waals surface area contributed by atoms with Gasteiger partial charge in [-0.3, -0.25) is 14.6 Å². The molecule has 0 radical (unpaired) electrons. The van der Waals surface area contributed by atoms with E-state index in [1.165, 1.54) is 27.8 Å². The van der Waals surface area contributed by atoms with Crippen LogP contribution in [0.4, 0.5) is 0 Å². The Bertz CT molecular complexity index is 1950. The van der Waals surface area contributed by atoms with Crippen LogP contribution in [0.2, 0.25) is 0 Å². The molecule has 7 nitrogen and oxygen atoms in total. The third-order valence-corrected chi connectivity index (χ3v) is 9.74. The average Bonchev–Trinajstić information content (AvgIpc) is 3.81. The van der Waals surface area contributed by atoms with Crippen molar-refractivity contribution in [3.8, 4) is 0 Å². The number of piperidine rings is 1. The van der Waals surface area contributed by atoms with Crippen molar-refractivity contribution < 1.29 is 24.6 Å². The summed E-state index contributed by atoms with van der Waals surface area (Å²) in [5, 5.41) is 17.8. The molecule has 0 unspecified atom stereocenters. The molecule has 2 aliphatic carbocycles. The van der Waals surface area contributed by atoms with Gasteiger partial charge in [-0.05, 0) is 88.1 Å². The van der Waals surface area contributed by atoms with E-state index < -0.39 is 11.9 Å². The highest BCUT2D eigenvalue weighted by Gasteiger charge is 2.22. The van der Waals surface area contributed by atoms with Gasteiger partial charge in [0.1, 0.15) is 5.78 Å². The largest absolute Gasteiger partial charge is 0.478 e. The minimum Gasteiger partial charge on any atom is -0.478 e. The molecule has 1 saturated heterocycles. The number of carbonyl (C=O) groups excluding carboxylic acids is 1. The molecule has 4 aromatic rings. The Balaban J connectivity index is 0.000000145. The summed E-state index contributed by atoms with van der Waals surface area (Å²) in [5.74, 6) is -1.30. The first-order chi connectivity index (χ1) is 24.8. The Labute approximate surface area is 299 Å². The summed E-state index contributed by atoms with van der Waals surface area (Å²) in [6, 6.07) is 31.7. The molecule has 2 N–H and O–H groups in total. The molecular weight excluding hydrogens is 636 g/mol. The van der Waals surface area contributed by atoms with Crippen molar-refractivity contribution in [1.29, 1.82) is 0 Å². The van der Waals surface area contributed by atoms with Gasteiger partial charge in [-0.1, -0.05) is 97.1 Å². The lowest BCUT2D eigenvalue weighted by Gasteiger charge is -2.27. The minimum atomic E-state index is -0.857. The number of hydrogen-bond donors (Lipinski definition) is 2. The number of carboxylic acids is 2. The Morgan fingerprint density at radius 1 is 0.627 bits per heavy atom. The number of allylic oxidation sites excluding steroid dienone is 3. The van der Waals surface area contributed by atoms with Gasteiger partial charge in [-0.25, -0.2) is 9.59 Å². The van der Waals surface area contributed by atoms with Gasteiger partial charge in [-0.15, -0.1) is 0 Å². The third-order valence-electron chi connectivity index (χ3n) is 9.74. The van der Waals surface area contributed by atoms with E-state index >= 15 is 0 Å². The fourth-order valence-electron chi connectivity index (χ4n) is 6.92. The molecule has 7 heteroatoms. The Kier molecular flexibility index (Phi) is 11.8. The Morgan fingerprint density at radius 2 is 1.22 bits per heavy atom. The van der Waals surface area contributed by atoms with Gasteiger partial charge in [-0.2, -0.15) is 0 Å². The third kappa shape index (κ3) is 9.66. The van der Waals surface area contributed by atoms with E-state index in [0.717, 1.165) is 88.1 Å². The van der Waals surface area contributed by atoms with E-state index in [0.29, 0.717) is 16.9 Å². The van der Waals surface area contributed by atoms with Crippen molar-refractivity contribution in [2.24, 2.45) is 0 Å². The molecule has 4 aliphatic rings. The summed E-state index contributed by atoms with van der Waals surface area (Å²) in [6.07, 6.45) is 12.8. The average molecular weight is 681 g/mol. The molecule has 0 saturated carbocycles. The fourth-order valence-corrected chi connectivity index (χ4v) is 6.92. The smallest absolute Gasteiger partial charge is 0.335 e. The molecule has 2 heterocycles. The summed E-state index contributed by atoms with van der Waals surface area (Å²) >= 11 is 0. The first kappa shape index (κ1) is 35.5. The quantitative estimate of drug-likeness (QED) is 0.204. The maximum Gasteiger partial charge on any atom is 0.335 e. The molecule has 1 fully saturated rings. The summed E-state index contributed by atoms with van der Waals surface area (Å²) in [5.41, 5.74) is 10.7. The second kappa shape index (κ2) is 17.0. The van der Waals surface area contributed by atoms with Gasteiger partial charge in [0.2, 0.25) is 0 Å². The van der Waals surface area contributed by atoms with Crippen LogP contribution in [-0.2, 0) is 30.7 Å². The van der Waals surface area contributed by atoms with Crippen molar-refractivity contribution in [2.75, 3.05) is 26.2 Å². The Hall–Kier alpha value is -5.37. The Morgan fingerprint density at radius 3 is 1.82 bits per heavy atom. The lowest BCUT2D eigenvalue weighted by Crippen LogP contribution is -2.33. The van der Waals surface area contributed by atoms with Crippen LogP contribution >= 0.6 is 0 Å². The van der Waals surface area contributed by atoms with E-state index in [2.05, 4.69) is 76.5 Å². The van der Waals surface area contributed by atoms with Gasteiger partial charge in [0.25, 0.3) is 0 Å². The maximum absolute atomic E-state index is 11.1. The van der Waals surface area contributed by atoms with E-state index in [1.54, 1.807) is 18.2 Å². The van der Waals surface area contributed by atoms with Gasteiger partial charge in [0.05, 0.1) is 11.1 Å². The SMILES string of the molecule is O=C(O)c1ccc2c(c1)CC=C2.O=C(O)c1ccc2c(c1)CC=C2C1=CCN(Cc2ccccc2)CC1.O=C1CCN(Cc2ccccc2)CC1. The van der Waals surface area contributed by atoms with Gasteiger partial charge < -0.3 is 10.2 Å². The van der Waals surface area contributed by atoms with Crippen molar-refractivity contribution in [2.45, 2.75) is 45.2 Å². The number of carbonyl (C=O) groups is 3. The number of nitrogens with zero attached hydrogens (tertiary/aromatic N) is 2. The van der Waals surface area contributed by atoms with Crippen molar-refractivity contribution in [3.05, 3.63) is 165 Å². The first-order valence-electron chi connectivity index (χ1n) is 17.7. The van der Waals surface area contributed by atoms with Gasteiger partial charge >= 0.3 is 11.9 Å². The van der Waals surface area contributed by atoms with Crippen LogP contribution in [0.1, 0.15) is 73.4 Å². The van der Waals surface area contributed by atoms with E-state index in [-0.39, 0.29) is 0 Å². The standard InChI is InChI=1S/C22H21NO2.C12H15NO.C10H8O2/c24-22(25)19-7-9-21-18(14-19)6-8-20(21)17-10-12-23(13-11-17)15-16-4-2-1-3-5-16;14-12-6-8-13(9-7-12)10-11-4-2-1-3-5-11;11-10(12)9-5-4-7-2-1-3-8(7)6-9/h1-5,7-10,14H,6,11-13,15H2,(H,24,25);1-5H,6-10H2;1-2,4-6H,3H2,(H,11,12). The molecule has 0 atom stereocenters. The molecule has 8 rings (SSSR count). The number of rotatable bonds is 7. The van der Waals surface area contributed by atoms with Crippen LogP contribution in [-0.4, -0.2) is 63.9 Å². The van der Waals surface area contributed by atoms with E-state index in [9.17, 15) is 14.4 Å².